The highest BCUT2D eigenvalue weighted by molar-refractivity contribution is 7.93. The SMILES string of the molecule is CNCCCN=S1(=O)CCCC1. The highest BCUT2D eigenvalue weighted by atomic mass is 32.2. The minimum Gasteiger partial charge on any atom is -0.320 e. The zero-order valence-corrected chi connectivity index (χ0v) is 8.53. The van der Waals surface area contributed by atoms with Gasteiger partial charge >= 0.3 is 0 Å². The molecule has 0 saturated carbocycles. The molecule has 0 aliphatic carbocycles. The Labute approximate surface area is 75.1 Å². The van der Waals surface area contributed by atoms with Crippen LogP contribution >= 0.6 is 0 Å². The summed E-state index contributed by atoms with van der Waals surface area (Å²) in [7, 11) is 0.189. The Kier molecular flexibility index (Phi) is 4.01. The van der Waals surface area contributed by atoms with Crippen LogP contribution in [0.15, 0.2) is 4.36 Å². The van der Waals surface area contributed by atoms with Crippen molar-refractivity contribution in [3.8, 4) is 0 Å². The summed E-state index contributed by atoms with van der Waals surface area (Å²) >= 11 is 0. The average molecular weight is 190 g/mol. The van der Waals surface area contributed by atoms with E-state index in [1.54, 1.807) is 0 Å². The van der Waals surface area contributed by atoms with E-state index in [2.05, 4.69) is 9.68 Å². The van der Waals surface area contributed by atoms with Crippen LogP contribution in [-0.2, 0) is 9.73 Å². The second-order valence-electron chi connectivity index (χ2n) is 3.20. The summed E-state index contributed by atoms with van der Waals surface area (Å²) in [5, 5.41) is 3.05. The van der Waals surface area contributed by atoms with E-state index in [1.807, 2.05) is 7.05 Å². The van der Waals surface area contributed by atoms with Gasteiger partial charge in [0.25, 0.3) is 0 Å². The molecule has 1 aliphatic rings. The van der Waals surface area contributed by atoms with Gasteiger partial charge in [0.1, 0.15) is 0 Å². The normalized spacial score (nSPS) is 21.1. The van der Waals surface area contributed by atoms with Crippen molar-refractivity contribution in [1.29, 1.82) is 0 Å². The van der Waals surface area contributed by atoms with Gasteiger partial charge in [-0.2, -0.15) is 0 Å². The minimum absolute atomic E-state index is 0.764. The molecular formula is C8H18N2OS. The van der Waals surface area contributed by atoms with Crippen molar-refractivity contribution in [1.82, 2.24) is 5.32 Å². The maximum atomic E-state index is 11.8. The third kappa shape index (κ3) is 3.11. The molecule has 0 atom stereocenters. The molecule has 0 radical (unpaired) electrons. The third-order valence-electron chi connectivity index (χ3n) is 2.09. The molecule has 72 valence electrons. The van der Waals surface area contributed by atoms with Crippen LogP contribution in [0.1, 0.15) is 19.3 Å². The third-order valence-corrected chi connectivity index (χ3v) is 4.59. The molecular weight excluding hydrogens is 172 g/mol. The van der Waals surface area contributed by atoms with Crippen molar-refractivity contribution >= 4 is 9.73 Å². The Bertz CT molecular complexity index is 219. The highest BCUT2D eigenvalue weighted by Crippen LogP contribution is 2.12. The lowest BCUT2D eigenvalue weighted by molar-refractivity contribution is 0.675. The smallest absolute Gasteiger partial charge is 0.0496 e. The summed E-state index contributed by atoms with van der Waals surface area (Å²) in [6.07, 6.45) is 3.22. The fourth-order valence-corrected chi connectivity index (χ4v) is 3.61. The quantitative estimate of drug-likeness (QED) is 0.668. The lowest BCUT2D eigenvalue weighted by Gasteiger charge is -1.99. The van der Waals surface area contributed by atoms with E-state index in [-0.39, 0.29) is 0 Å². The van der Waals surface area contributed by atoms with E-state index < -0.39 is 9.73 Å². The van der Waals surface area contributed by atoms with Gasteiger partial charge in [-0.15, -0.1) is 0 Å². The van der Waals surface area contributed by atoms with Crippen molar-refractivity contribution < 1.29 is 4.21 Å². The first-order valence-electron chi connectivity index (χ1n) is 4.60. The molecule has 0 amide bonds. The van der Waals surface area contributed by atoms with Crippen LogP contribution in [-0.4, -0.2) is 35.9 Å². The molecule has 1 aliphatic heterocycles. The predicted molar refractivity (Wildman–Crippen MR) is 52.9 cm³/mol. The maximum Gasteiger partial charge on any atom is 0.0496 e. The van der Waals surface area contributed by atoms with Crippen LogP contribution in [0.2, 0.25) is 0 Å². The number of rotatable bonds is 4. The lowest BCUT2D eigenvalue weighted by atomic mass is 10.4. The van der Waals surface area contributed by atoms with E-state index in [9.17, 15) is 4.21 Å². The average Bonchev–Trinajstić information content (AvgIpc) is 2.47. The highest BCUT2D eigenvalue weighted by Gasteiger charge is 2.14. The molecule has 0 aromatic rings. The van der Waals surface area contributed by atoms with Gasteiger partial charge in [-0.05, 0) is 32.9 Å². The first-order valence-corrected chi connectivity index (χ1v) is 6.45. The van der Waals surface area contributed by atoms with Crippen LogP contribution in [0.25, 0.3) is 0 Å². The Morgan fingerprint density at radius 3 is 2.67 bits per heavy atom. The van der Waals surface area contributed by atoms with Gasteiger partial charge in [0, 0.05) is 27.8 Å². The van der Waals surface area contributed by atoms with Crippen molar-refractivity contribution in [3.63, 3.8) is 0 Å². The topological polar surface area (TPSA) is 41.5 Å². The van der Waals surface area contributed by atoms with Gasteiger partial charge in [0.05, 0.1) is 0 Å². The van der Waals surface area contributed by atoms with Crippen molar-refractivity contribution in [2.45, 2.75) is 19.3 Å². The van der Waals surface area contributed by atoms with Gasteiger partial charge in [0.15, 0.2) is 0 Å². The first kappa shape index (κ1) is 9.99. The maximum absolute atomic E-state index is 11.8. The molecule has 1 N–H and O–H groups in total. The zero-order valence-electron chi connectivity index (χ0n) is 7.71. The van der Waals surface area contributed by atoms with Gasteiger partial charge in [-0.25, -0.2) is 8.57 Å². The van der Waals surface area contributed by atoms with Crippen LogP contribution in [0.3, 0.4) is 0 Å². The fourth-order valence-electron chi connectivity index (χ4n) is 1.37. The molecule has 3 nitrogen and oxygen atoms in total. The molecule has 4 heteroatoms. The molecule has 1 saturated heterocycles. The van der Waals surface area contributed by atoms with Crippen LogP contribution in [0.4, 0.5) is 0 Å². The number of hydrogen-bond acceptors (Lipinski definition) is 3. The van der Waals surface area contributed by atoms with Crippen molar-refractivity contribution in [2.24, 2.45) is 4.36 Å². The van der Waals surface area contributed by atoms with Crippen molar-refractivity contribution in [3.05, 3.63) is 0 Å². The van der Waals surface area contributed by atoms with Gasteiger partial charge in [-0.1, -0.05) is 0 Å². The van der Waals surface area contributed by atoms with Gasteiger partial charge < -0.3 is 5.32 Å². The molecule has 0 unspecified atom stereocenters. The molecule has 0 bridgehead atoms. The number of nitrogens with zero attached hydrogens (tertiary/aromatic N) is 1. The summed E-state index contributed by atoms with van der Waals surface area (Å²) in [6.45, 7) is 1.73. The summed E-state index contributed by atoms with van der Waals surface area (Å²) in [5.74, 6) is 1.68. The number of hydrogen-bond donors (Lipinski definition) is 1. The Morgan fingerprint density at radius 1 is 1.42 bits per heavy atom. The van der Waals surface area contributed by atoms with Gasteiger partial charge in [-0.3, -0.25) is 0 Å². The van der Waals surface area contributed by atoms with Gasteiger partial charge in [0.2, 0.25) is 0 Å². The molecule has 1 heterocycles. The minimum atomic E-state index is -1.74. The second kappa shape index (κ2) is 4.82. The summed E-state index contributed by atoms with van der Waals surface area (Å²) in [6, 6.07) is 0. The Hall–Kier alpha value is -0.0900. The summed E-state index contributed by atoms with van der Waals surface area (Å²) in [5.41, 5.74) is 0. The van der Waals surface area contributed by atoms with E-state index in [0.29, 0.717) is 0 Å². The largest absolute Gasteiger partial charge is 0.320 e. The van der Waals surface area contributed by atoms with Crippen molar-refractivity contribution in [2.75, 3.05) is 31.6 Å². The molecule has 0 aromatic carbocycles. The molecule has 1 fully saturated rings. The lowest BCUT2D eigenvalue weighted by Crippen LogP contribution is -2.09. The predicted octanol–water partition coefficient (Wildman–Crippen LogP) is 0.858. The summed E-state index contributed by atoms with van der Waals surface area (Å²) < 4.78 is 16.0. The fraction of sp³-hybridized carbons (Fsp3) is 1.00. The van der Waals surface area contributed by atoms with Crippen LogP contribution in [0.5, 0.6) is 0 Å². The summed E-state index contributed by atoms with van der Waals surface area (Å²) in [4.78, 5) is 0. The molecule has 1 rings (SSSR count). The molecule has 0 spiro atoms. The van der Waals surface area contributed by atoms with Crippen LogP contribution in [0, 0.1) is 0 Å². The molecule has 12 heavy (non-hydrogen) atoms. The van der Waals surface area contributed by atoms with E-state index in [0.717, 1.165) is 43.9 Å². The second-order valence-corrected chi connectivity index (χ2v) is 5.82. The first-order chi connectivity index (χ1) is 5.77. The monoisotopic (exact) mass is 190 g/mol. The Balaban J connectivity index is 2.30. The zero-order chi connectivity index (χ0) is 8.86. The van der Waals surface area contributed by atoms with E-state index >= 15 is 0 Å². The van der Waals surface area contributed by atoms with E-state index in [4.69, 9.17) is 0 Å². The Morgan fingerprint density at radius 2 is 2.08 bits per heavy atom. The van der Waals surface area contributed by atoms with E-state index in [1.165, 1.54) is 0 Å². The number of nitrogens with one attached hydrogen (secondary N) is 1. The standard InChI is InChI=1S/C8H18N2OS/c1-9-5-4-6-10-12(11)7-2-3-8-12/h9H,2-8H2,1H3. The van der Waals surface area contributed by atoms with Crippen LogP contribution < -0.4 is 5.32 Å². The molecule has 0 aromatic heterocycles.